The van der Waals surface area contributed by atoms with E-state index in [9.17, 15) is 26.3 Å². The Bertz CT molecular complexity index is 178. The summed E-state index contributed by atoms with van der Waals surface area (Å²) in [6.07, 6.45) is -11.9. The quantitative estimate of drug-likeness (QED) is 0.667. The Morgan fingerprint density at radius 1 is 1.14 bits per heavy atom. The molecular formula is C7H10F6O. The first-order valence-electron chi connectivity index (χ1n) is 3.84. The molecule has 2 unspecified atom stereocenters. The van der Waals surface area contributed by atoms with Gasteiger partial charge >= 0.3 is 12.1 Å². The van der Waals surface area contributed by atoms with E-state index >= 15 is 0 Å². The zero-order valence-electron chi connectivity index (χ0n) is 7.54. The molecule has 0 rings (SSSR count). The van der Waals surface area contributed by atoms with E-state index in [0.29, 0.717) is 6.92 Å². The molecule has 0 aromatic rings. The maximum atomic E-state index is 12.7. The summed E-state index contributed by atoms with van der Waals surface area (Å²) in [4.78, 5) is 0. The molecule has 0 aromatic carbocycles. The molecule has 0 aliphatic rings. The summed E-state index contributed by atoms with van der Waals surface area (Å²) in [6, 6.07) is 0. The van der Waals surface area contributed by atoms with Gasteiger partial charge in [-0.1, -0.05) is 0 Å². The molecule has 0 aromatic heterocycles. The molecule has 0 aliphatic carbocycles. The SMILES string of the molecule is CCOC(C)C(F)(F)C(F)C(F)(F)F. The van der Waals surface area contributed by atoms with Crippen molar-refractivity contribution in [3.05, 3.63) is 0 Å². The summed E-state index contributed by atoms with van der Waals surface area (Å²) < 4.78 is 76.8. The van der Waals surface area contributed by atoms with Crippen LogP contribution in [0.4, 0.5) is 26.3 Å². The molecule has 0 fully saturated rings. The first kappa shape index (κ1) is 13.5. The minimum absolute atomic E-state index is 0.207. The van der Waals surface area contributed by atoms with Crippen molar-refractivity contribution >= 4 is 0 Å². The molecule has 0 N–H and O–H groups in total. The third-order valence-electron chi connectivity index (χ3n) is 1.58. The van der Waals surface area contributed by atoms with Crippen LogP contribution in [-0.4, -0.2) is 31.0 Å². The van der Waals surface area contributed by atoms with Crippen molar-refractivity contribution in [3.63, 3.8) is 0 Å². The zero-order valence-corrected chi connectivity index (χ0v) is 7.54. The van der Waals surface area contributed by atoms with E-state index < -0.39 is 24.4 Å². The smallest absolute Gasteiger partial charge is 0.372 e. The molecule has 7 heteroatoms. The average Bonchev–Trinajstić information content (AvgIpc) is 2.01. The van der Waals surface area contributed by atoms with Crippen LogP contribution in [0.25, 0.3) is 0 Å². The van der Waals surface area contributed by atoms with Crippen LogP contribution in [0.1, 0.15) is 13.8 Å². The van der Waals surface area contributed by atoms with E-state index in [4.69, 9.17) is 0 Å². The van der Waals surface area contributed by atoms with Gasteiger partial charge < -0.3 is 4.74 Å². The fourth-order valence-electron chi connectivity index (χ4n) is 0.785. The van der Waals surface area contributed by atoms with Gasteiger partial charge in [0.05, 0.1) is 0 Å². The van der Waals surface area contributed by atoms with Crippen molar-refractivity contribution < 1.29 is 31.1 Å². The van der Waals surface area contributed by atoms with Gasteiger partial charge in [-0.15, -0.1) is 0 Å². The lowest BCUT2D eigenvalue weighted by atomic mass is 10.1. The van der Waals surface area contributed by atoms with Crippen LogP contribution in [0.15, 0.2) is 0 Å². The summed E-state index contributed by atoms with van der Waals surface area (Å²) in [5, 5.41) is 0. The first-order valence-corrected chi connectivity index (χ1v) is 3.84. The Hall–Kier alpha value is -0.460. The highest BCUT2D eigenvalue weighted by atomic mass is 19.4. The van der Waals surface area contributed by atoms with Crippen molar-refractivity contribution in [3.8, 4) is 0 Å². The van der Waals surface area contributed by atoms with Crippen LogP contribution in [-0.2, 0) is 4.74 Å². The van der Waals surface area contributed by atoms with Crippen molar-refractivity contribution in [2.45, 2.75) is 38.2 Å². The summed E-state index contributed by atoms with van der Waals surface area (Å²) in [5.74, 6) is -4.56. The monoisotopic (exact) mass is 224 g/mol. The highest BCUT2D eigenvalue weighted by Gasteiger charge is 2.59. The Balaban J connectivity index is 4.59. The lowest BCUT2D eigenvalue weighted by molar-refractivity contribution is -0.270. The largest absolute Gasteiger partial charge is 0.425 e. The van der Waals surface area contributed by atoms with Gasteiger partial charge in [-0.25, -0.2) is 13.2 Å². The Morgan fingerprint density at radius 2 is 1.57 bits per heavy atom. The van der Waals surface area contributed by atoms with Crippen molar-refractivity contribution in [1.29, 1.82) is 0 Å². The fraction of sp³-hybridized carbons (Fsp3) is 1.00. The zero-order chi connectivity index (χ0) is 11.6. The maximum Gasteiger partial charge on any atom is 0.425 e. The minimum atomic E-state index is -5.57. The normalized spacial score (nSPS) is 18.0. The highest BCUT2D eigenvalue weighted by Crippen LogP contribution is 2.37. The predicted molar refractivity (Wildman–Crippen MR) is 37.0 cm³/mol. The summed E-state index contributed by atoms with van der Waals surface area (Å²) >= 11 is 0. The molecule has 0 saturated carbocycles. The van der Waals surface area contributed by atoms with E-state index in [-0.39, 0.29) is 6.61 Å². The van der Waals surface area contributed by atoms with Gasteiger partial charge in [0.25, 0.3) is 6.17 Å². The van der Waals surface area contributed by atoms with Crippen LogP contribution in [0.2, 0.25) is 0 Å². The molecule has 0 heterocycles. The van der Waals surface area contributed by atoms with Gasteiger partial charge in [0.1, 0.15) is 6.10 Å². The molecule has 1 nitrogen and oxygen atoms in total. The van der Waals surface area contributed by atoms with Gasteiger partial charge in [-0.05, 0) is 13.8 Å². The molecule has 86 valence electrons. The molecule has 2 atom stereocenters. The minimum Gasteiger partial charge on any atom is -0.372 e. The lowest BCUT2D eigenvalue weighted by Gasteiger charge is -2.27. The molecule has 0 radical (unpaired) electrons. The average molecular weight is 224 g/mol. The number of hydrogen-bond donors (Lipinski definition) is 0. The Kier molecular flexibility index (Phi) is 4.23. The number of hydrogen-bond acceptors (Lipinski definition) is 1. The van der Waals surface area contributed by atoms with Gasteiger partial charge in [0, 0.05) is 6.61 Å². The van der Waals surface area contributed by atoms with Crippen molar-refractivity contribution in [1.82, 2.24) is 0 Å². The third-order valence-corrected chi connectivity index (χ3v) is 1.58. The van der Waals surface area contributed by atoms with Crippen LogP contribution < -0.4 is 0 Å². The van der Waals surface area contributed by atoms with Gasteiger partial charge in [0.15, 0.2) is 0 Å². The second-order valence-corrected chi connectivity index (χ2v) is 2.68. The van der Waals surface area contributed by atoms with Gasteiger partial charge in [-0.2, -0.15) is 13.2 Å². The molecule has 14 heavy (non-hydrogen) atoms. The highest BCUT2D eigenvalue weighted by molar-refractivity contribution is 4.87. The summed E-state index contributed by atoms with van der Waals surface area (Å²) in [5.41, 5.74) is 0. The third kappa shape index (κ3) is 3.04. The lowest BCUT2D eigenvalue weighted by Crippen LogP contribution is -2.49. The molecule has 0 amide bonds. The number of alkyl halides is 6. The second-order valence-electron chi connectivity index (χ2n) is 2.68. The number of halogens is 6. The van der Waals surface area contributed by atoms with Crippen LogP contribution >= 0.6 is 0 Å². The van der Waals surface area contributed by atoms with E-state index in [1.165, 1.54) is 6.92 Å². The van der Waals surface area contributed by atoms with Crippen LogP contribution in [0, 0.1) is 0 Å². The molecule has 0 aliphatic heterocycles. The van der Waals surface area contributed by atoms with Crippen molar-refractivity contribution in [2.24, 2.45) is 0 Å². The number of ether oxygens (including phenoxy) is 1. The van der Waals surface area contributed by atoms with Crippen LogP contribution in [0.3, 0.4) is 0 Å². The van der Waals surface area contributed by atoms with E-state index in [0.717, 1.165) is 0 Å². The summed E-state index contributed by atoms with van der Waals surface area (Å²) in [6.45, 7) is 1.82. The molecular weight excluding hydrogens is 214 g/mol. The first-order chi connectivity index (χ1) is 6.14. The van der Waals surface area contributed by atoms with Gasteiger partial charge in [0.2, 0.25) is 0 Å². The van der Waals surface area contributed by atoms with Crippen molar-refractivity contribution in [2.75, 3.05) is 6.61 Å². The number of rotatable bonds is 4. The van der Waals surface area contributed by atoms with E-state index in [1.54, 1.807) is 0 Å². The van der Waals surface area contributed by atoms with E-state index in [2.05, 4.69) is 4.74 Å². The topological polar surface area (TPSA) is 9.23 Å². The standard InChI is InChI=1S/C7H10F6O/c1-3-14-4(2)6(9,10)5(8)7(11,12)13/h4-5H,3H2,1-2H3. The molecule has 0 saturated heterocycles. The maximum absolute atomic E-state index is 12.7. The predicted octanol–water partition coefficient (Wildman–Crippen LogP) is 2.95. The second kappa shape index (κ2) is 4.37. The Labute approximate surface area is 77.0 Å². The van der Waals surface area contributed by atoms with Gasteiger partial charge in [-0.3, -0.25) is 0 Å². The fourth-order valence-corrected chi connectivity index (χ4v) is 0.785. The molecule has 0 bridgehead atoms. The summed E-state index contributed by atoms with van der Waals surface area (Å²) in [7, 11) is 0. The Morgan fingerprint density at radius 3 is 1.86 bits per heavy atom. The van der Waals surface area contributed by atoms with Crippen LogP contribution in [0.5, 0.6) is 0 Å². The molecule has 0 spiro atoms. The van der Waals surface area contributed by atoms with E-state index in [1.807, 2.05) is 0 Å².